The minimum atomic E-state index is 0.0442. The normalized spacial score (nSPS) is 26.2. The highest BCUT2D eigenvalue weighted by Crippen LogP contribution is 2.33. The maximum atomic E-state index is 9.60. The molecule has 1 aliphatic rings. The van der Waals surface area contributed by atoms with Gasteiger partial charge in [0.15, 0.2) is 0 Å². The molecule has 88 valence electrons. The van der Waals surface area contributed by atoms with E-state index in [1.807, 2.05) is 12.1 Å². The largest absolute Gasteiger partial charge is 0.396 e. The summed E-state index contributed by atoms with van der Waals surface area (Å²) in [4.78, 5) is 2.28. The van der Waals surface area contributed by atoms with Crippen molar-refractivity contribution in [2.75, 3.05) is 26.7 Å². The summed E-state index contributed by atoms with van der Waals surface area (Å²) in [6.45, 7) is 2.32. The van der Waals surface area contributed by atoms with Gasteiger partial charge in [0.25, 0.3) is 0 Å². The van der Waals surface area contributed by atoms with Gasteiger partial charge in [-0.05, 0) is 44.1 Å². The number of likely N-dealkylation sites (tertiary alicyclic amines) is 1. The summed E-state index contributed by atoms with van der Waals surface area (Å²) >= 11 is 5.86. The quantitative estimate of drug-likeness (QED) is 0.874. The van der Waals surface area contributed by atoms with Crippen LogP contribution in [0.4, 0.5) is 0 Å². The molecule has 0 aliphatic carbocycles. The Bertz CT molecular complexity index is 351. The zero-order valence-corrected chi connectivity index (χ0v) is 10.4. The van der Waals surface area contributed by atoms with E-state index < -0.39 is 0 Å². The van der Waals surface area contributed by atoms with Crippen LogP contribution in [0, 0.1) is 5.41 Å². The van der Waals surface area contributed by atoms with Crippen molar-refractivity contribution >= 4 is 11.6 Å². The number of aliphatic hydroxyl groups is 1. The summed E-state index contributed by atoms with van der Waals surface area (Å²) in [5.41, 5.74) is 1.30. The van der Waals surface area contributed by atoms with Gasteiger partial charge in [-0.3, -0.25) is 0 Å². The Morgan fingerprint density at radius 2 is 2.06 bits per heavy atom. The lowest BCUT2D eigenvalue weighted by molar-refractivity contribution is 0.132. The minimum absolute atomic E-state index is 0.0442. The first-order valence-electron chi connectivity index (χ1n) is 5.67. The fourth-order valence-electron chi connectivity index (χ4n) is 2.52. The van der Waals surface area contributed by atoms with Crippen LogP contribution in [0.25, 0.3) is 0 Å². The number of rotatable bonds is 3. The van der Waals surface area contributed by atoms with Gasteiger partial charge in [-0.25, -0.2) is 0 Å². The molecule has 1 aliphatic heterocycles. The Morgan fingerprint density at radius 1 is 1.38 bits per heavy atom. The maximum Gasteiger partial charge on any atom is 0.0503 e. The van der Waals surface area contributed by atoms with Gasteiger partial charge in [-0.15, -0.1) is 0 Å². The zero-order chi connectivity index (χ0) is 11.6. The molecule has 1 N–H and O–H groups in total. The lowest BCUT2D eigenvalue weighted by atomic mass is 9.81. The van der Waals surface area contributed by atoms with Crippen LogP contribution in [0.1, 0.15) is 12.0 Å². The third kappa shape index (κ3) is 2.57. The summed E-state index contributed by atoms with van der Waals surface area (Å²) in [6, 6.07) is 7.94. The van der Waals surface area contributed by atoms with E-state index in [4.69, 9.17) is 11.6 Å². The molecule has 1 atom stereocenters. The molecule has 0 amide bonds. The number of halogens is 1. The Labute approximate surface area is 102 Å². The van der Waals surface area contributed by atoms with Gasteiger partial charge in [-0.2, -0.15) is 0 Å². The molecule has 16 heavy (non-hydrogen) atoms. The lowest BCUT2D eigenvalue weighted by Crippen LogP contribution is -2.31. The summed E-state index contributed by atoms with van der Waals surface area (Å²) in [6.07, 6.45) is 2.01. The van der Waals surface area contributed by atoms with E-state index in [2.05, 4.69) is 24.1 Å². The molecule has 0 saturated carbocycles. The van der Waals surface area contributed by atoms with Crippen LogP contribution >= 0.6 is 11.6 Å². The molecule has 1 heterocycles. The van der Waals surface area contributed by atoms with E-state index in [1.165, 1.54) is 5.56 Å². The Kier molecular flexibility index (Phi) is 3.53. The molecule has 0 radical (unpaired) electrons. The van der Waals surface area contributed by atoms with Gasteiger partial charge < -0.3 is 10.0 Å². The third-order valence-electron chi connectivity index (χ3n) is 3.46. The second kappa shape index (κ2) is 4.74. The van der Waals surface area contributed by atoms with Crippen LogP contribution in [0.3, 0.4) is 0 Å². The first-order chi connectivity index (χ1) is 7.63. The Balaban J connectivity index is 2.10. The fraction of sp³-hybridized carbons (Fsp3) is 0.538. The van der Waals surface area contributed by atoms with Crippen molar-refractivity contribution in [2.45, 2.75) is 12.8 Å². The molecule has 1 fully saturated rings. The van der Waals surface area contributed by atoms with E-state index in [1.54, 1.807) is 0 Å². The molecular formula is C13H18ClNO. The number of hydrogen-bond donors (Lipinski definition) is 1. The molecule has 2 nitrogen and oxygen atoms in total. The second-order valence-corrected chi connectivity index (χ2v) is 5.39. The molecule has 1 unspecified atom stereocenters. The second-order valence-electron chi connectivity index (χ2n) is 4.95. The molecule has 1 aromatic carbocycles. The minimum Gasteiger partial charge on any atom is -0.396 e. The standard InChI is InChI=1S/C13H18ClNO/c1-15-7-6-13(9-15,10-16)8-11-2-4-12(14)5-3-11/h2-5,16H,6-10H2,1H3. The van der Waals surface area contributed by atoms with Crippen molar-refractivity contribution in [3.63, 3.8) is 0 Å². The number of aliphatic hydroxyl groups excluding tert-OH is 1. The summed E-state index contributed by atoms with van der Waals surface area (Å²) in [5.74, 6) is 0. The number of hydrogen-bond acceptors (Lipinski definition) is 2. The van der Waals surface area contributed by atoms with E-state index in [0.717, 1.165) is 31.0 Å². The highest BCUT2D eigenvalue weighted by atomic mass is 35.5. The molecule has 1 aromatic rings. The molecule has 3 heteroatoms. The van der Waals surface area contributed by atoms with Gasteiger partial charge in [0.2, 0.25) is 0 Å². The molecular weight excluding hydrogens is 222 g/mol. The Morgan fingerprint density at radius 3 is 2.56 bits per heavy atom. The van der Waals surface area contributed by atoms with E-state index in [0.29, 0.717) is 0 Å². The van der Waals surface area contributed by atoms with Crippen molar-refractivity contribution in [1.29, 1.82) is 0 Å². The topological polar surface area (TPSA) is 23.5 Å². The first-order valence-corrected chi connectivity index (χ1v) is 6.05. The van der Waals surface area contributed by atoms with Crippen LogP contribution in [0.5, 0.6) is 0 Å². The van der Waals surface area contributed by atoms with Crippen LogP contribution in [0.2, 0.25) is 5.02 Å². The van der Waals surface area contributed by atoms with Gasteiger partial charge >= 0.3 is 0 Å². The first kappa shape index (κ1) is 11.9. The predicted molar refractivity (Wildman–Crippen MR) is 66.8 cm³/mol. The van der Waals surface area contributed by atoms with Crippen LogP contribution in [-0.4, -0.2) is 36.8 Å². The zero-order valence-electron chi connectivity index (χ0n) is 9.62. The monoisotopic (exact) mass is 239 g/mol. The molecule has 0 spiro atoms. The van der Waals surface area contributed by atoms with Crippen molar-refractivity contribution in [1.82, 2.24) is 4.90 Å². The van der Waals surface area contributed by atoms with E-state index in [-0.39, 0.29) is 12.0 Å². The van der Waals surface area contributed by atoms with E-state index in [9.17, 15) is 5.11 Å². The van der Waals surface area contributed by atoms with Crippen molar-refractivity contribution in [3.05, 3.63) is 34.9 Å². The highest BCUT2D eigenvalue weighted by Gasteiger charge is 2.36. The number of benzene rings is 1. The van der Waals surface area contributed by atoms with Crippen LogP contribution in [0.15, 0.2) is 24.3 Å². The molecule has 1 saturated heterocycles. The van der Waals surface area contributed by atoms with Gasteiger partial charge in [0.1, 0.15) is 0 Å². The summed E-state index contributed by atoms with van der Waals surface area (Å²) in [7, 11) is 2.11. The number of nitrogens with zero attached hydrogens (tertiary/aromatic N) is 1. The average molecular weight is 240 g/mol. The third-order valence-corrected chi connectivity index (χ3v) is 3.71. The predicted octanol–water partition coefficient (Wildman–Crippen LogP) is 2.20. The van der Waals surface area contributed by atoms with Gasteiger partial charge in [-0.1, -0.05) is 23.7 Å². The SMILES string of the molecule is CN1CCC(CO)(Cc2ccc(Cl)cc2)C1. The van der Waals surface area contributed by atoms with Crippen molar-refractivity contribution in [3.8, 4) is 0 Å². The summed E-state index contributed by atoms with van der Waals surface area (Å²) < 4.78 is 0. The molecule has 0 aromatic heterocycles. The van der Waals surface area contributed by atoms with Crippen LogP contribution in [-0.2, 0) is 6.42 Å². The Hall–Kier alpha value is -0.570. The smallest absolute Gasteiger partial charge is 0.0503 e. The summed E-state index contributed by atoms with van der Waals surface area (Å²) in [5, 5.41) is 10.4. The van der Waals surface area contributed by atoms with Crippen molar-refractivity contribution in [2.24, 2.45) is 5.41 Å². The molecule has 2 rings (SSSR count). The fourth-order valence-corrected chi connectivity index (χ4v) is 2.65. The average Bonchev–Trinajstić information content (AvgIpc) is 2.64. The van der Waals surface area contributed by atoms with Crippen LogP contribution < -0.4 is 0 Å². The lowest BCUT2D eigenvalue weighted by Gasteiger charge is -2.26. The van der Waals surface area contributed by atoms with Gasteiger partial charge in [0, 0.05) is 17.0 Å². The maximum absolute atomic E-state index is 9.60. The molecule has 0 bridgehead atoms. The van der Waals surface area contributed by atoms with Gasteiger partial charge in [0.05, 0.1) is 6.61 Å². The highest BCUT2D eigenvalue weighted by molar-refractivity contribution is 6.30. The van der Waals surface area contributed by atoms with E-state index >= 15 is 0 Å². The van der Waals surface area contributed by atoms with Crippen molar-refractivity contribution < 1.29 is 5.11 Å².